The topological polar surface area (TPSA) is 65.8 Å². The number of hydrogen-bond acceptors (Lipinski definition) is 4. The van der Waals surface area contributed by atoms with Crippen molar-refractivity contribution in [1.82, 2.24) is 19.3 Å². The molecule has 96 valence electrons. The van der Waals surface area contributed by atoms with E-state index in [-0.39, 0.29) is 11.5 Å². The lowest BCUT2D eigenvalue weighted by atomic mass is 10.1. The largest absolute Gasteiger partial charge is 0.469 e. The van der Waals surface area contributed by atoms with E-state index in [1.807, 2.05) is 12.1 Å². The zero-order chi connectivity index (χ0) is 13.0. The highest BCUT2D eigenvalue weighted by molar-refractivity contribution is 5.73. The fourth-order valence-electron chi connectivity index (χ4n) is 2.76. The maximum Gasteiger partial charge on any atom is 0.264 e. The Morgan fingerprint density at radius 2 is 2.37 bits per heavy atom. The Labute approximate surface area is 108 Å². The summed E-state index contributed by atoms with van der Waals surface area (Å²) in [6.45, 7) is 0.678. The van der Waals surface area contributed by atoms with Gasteiger partial charge in [0.05, 0.1) is 18.4 Å². The summed E-state index contributed by atoms with van der Waals surface area (Å²) < 4.78 is 8.83. The standard InChI is InChI=1S/C13H12N4O2/c1-16-11-9(7-14-16)13(18)17-5-4-8(12(17)15-11)10-3-2-6-19-10/h2-3,6-8H,4-5H2,1H3. The second-order valence-electron chi connectivity index (χ2n) is 4.79. The number of hydrogen-bond donors (Lipinski definition) is 0. The van der Waals surface area contributed by atoms with Gasteiger partial charge in [0, 0.05) is 13.6 Å². The van der Waals surface area contributed by atoms with E-state index >= 15 is 0 Å². The number of furan rings is 1. The minimum absolute atomic E-state index is 0.0119. The Morgan fingerprint density at radius 3 is 3.16 bits per heavy atom. The van der Waals surface area contributed by atoms with E-state index in [1.54, 1.807) is 28.8 Å². The minimum Gasteiger partial charge on any atom is -0.469 e. The van der Waals surface area contributed by atoms with Crippen molar-refractivity contribution in [2.45, 2.75) is 18.9 Å². The summed E-state index contributed by atoms with van der Waals surface area (Å²) in [5.74, 6) is 1.69. The molecule has 0 radical (unpaired) electrons. The van der Waals surface area contributed by atoms with Crippen LogP contribution in [-0.2, 0) is 13.6 Å². The van der Waals surface area contributed by atoms with Gasteiger partial charge in [0.2, 0.25) is 0 Å². The SMILES string of the molecule is Cn1ncc2c(=O)n3c(nc21)C(c1ccco1)CC3. The predicted molar refractivity (Wildman–Crippen MR) is 67.9 cm³/mol. The predicted octanol–water partition coefficient (Wildman–Crippen LogP) is 1.26. The molecular weight excluding hydrogens is 244 g/mol. The Bertz CT molecular complexity index is 813. The van der Waals surface area contributed by atoms with Gasteiger partial charge in [0.15, 0.2) is 5.65 Å². The Morgan fingerprint density at radius 1 is 1.47 bits per heavy atom. The number of aryl methyl sites for hydroxylation is 1. The maximum absolute atomic E-state index is 12.4. The molecular formula is C13H12N4O2. The van der Waals surface area contributed by atoms with E-state index in [4.69, 9.17) is 4.42 Å². The zero-order valence-corrected chi connectivity index (χ0v) is 10.4. The third-order valence-corrected chi connectivity index (χ3v) is 3.72. The molecule has 0 fully saturated rings. The van der Waals surface area contributed by atoms with Crippen molar-refractivity contribution >= 4 is 11.0 Å². The number of fused-ring (bicyclic) bond motifs is 2. The molecule has 0 aliphatic carbocycles. The van der Waals surface area contributed by atoms with Crippen LogP contribution in [0.4, 0.5) is 0 Å². The van der Waals surface area contributed by atoms with E-state index < -0.39 is 0 Å². The molecule has 1 atom stereocenters. The number of aromatic nitrogens is 4. The van der Waals surface area contributed by atoms with E-state index in [0.29, 0.717) is 17.6 Å². The fraction of sp³-hybridized carbons (Fsp3) is 0.308. The summed E-state index contributed by atoms with van der Waals surface area (Å²) in [5.41, 5.74) is 0.622. The van der Waals surface area contributed by atoms with Crippen molar-refractivity contribution in [1.29, 1.82) is 0 Å². The summed E-state index contributed by atoms with van der Waals surface area (Å²) >= 11 is 0. The molecule has 3 aromatic heterocycles. The van der Waals surface area contributed by atoms with Crippen LogP contribution in [0.2, 0.25) is 0 Å². The van der Waals surface area contributed by atoms with Crippen LogP contribution in [0.3, 0.4) is 0 Å². The summed E-state index contributed by atoms with van der Waals surface area (Å²) in [4.78, 5) is 17.0. The molecule has 4 rings (SSSR count). The molecule has 1 aliphatic rings. The summed E-state index contributed by atoms with van der Waals surface area (Å²) in [6, 6.07) is 3.79. The average Bonchev–Trinajstić information content (AvgIpc) is 3.10. The molecule has 6 heteroatoms. The first-order valence-electron chi connectivity index (χ1n) is 6.21. The van der Waals surface area contributed by atoms with Crippen molar-refractivity contribution < 1.29 is 4.42 Å². The van der Waals surface area contributed by atoms with Crippen molar-refractivity contribution in [3.8, 4) is 0 Å². The van der Waals surface area contributed by atoms with Crippen molar-refractivity contribution in [2.24, 2.45) is 7.05 Å². The van der Waals surface area contributed by atoms with Crippen molar-refractivity contribution in [2.75, 3.05) is 0 Å². The summed E-state index contributed by atoms with van der Waals surface area (Å²) in [5, 5.41) is 4.68. The molecule has 4 heterocycles. The first-order chi connectivity index (χ1) is 9.25. The van der Waals surface area contributed by atoms with Gasteiger partial charge in [-0.3, -0.25) is 14.0 Å². The molecule has 0 saturated carbocycles. The highest BCUT2D eigenvalue weighted by Gasteiger charge is 2.30. The van der Waals surface area contributed by atoms with Crippen molar-refractivity contribution in [3.63, 3.8) is 0 Å². The van der Waals surface area contributed by atoms with Crippen LogP contribution >= 0.6 is 0 Å². The number of nitrogens with zero attached hydrogens (tertiary/aromatic N) is 4. The molecule has 0 amide bonds. The molecule has 19 heavy (non-hydrogen) atoms. The number of rotatable bonds is 1. The Kier molecular flexibility index (Phi) is 1.98. The van der Waals surface area contributed by atoms with Crippen molar-refractivity contribution in [3.05, 3.63) is 46.5 Å². The lowest BCUT2D eigenvalue weighted by molar-refractivity contribution is 0.481. The summed E-state index contributed by atoms with van der Waals surface area (Å²) in [7, 11) is 1.79. The van der Waals surface area contributed by atoms with Gasteiger partial charge in [-0.15, -0.1) is 0 Å². The van der Waals surface area contributed by atoms with Gasteiger partial charge in [-0.1, -0.05) is 0 Å². The van der Waals surface area contributed by atoms with Crippen LogP contribution in [-0.4, -0.2) is 19.3 Å². The second kappa shape index (κ2) is 3.57. The summed E-state index contributed by atoms with van der Waals surface area (Å²) in [6.07, 6.45) is 4.08. The zero-order valence-electron chi connectivity index (χ0n) is 10.4. The van der Waals surface area contributed by atoms with E-state index in [1.165, 1.54) is 0 Å². The quantitative estimate of drug-likeness (QED) is 0.657. The molecule has 0 spiro atoms. The van der Waals surface area contributed by atoms with Gasteiger partial charge in [-0.25, -0.2) is 4.98 Å². The van der Waals surface area contributed by atoms with Gasteiger partial charge in [-0.05, 0) is 18.6 Å². The lowest BCUT2D eigenvalue weighted by Crippen LogP contribution is -2.21. The van der Waals surface area contributed by atoms with Gasteiger partial charge < -0.3 is 4.42 Å². The maximum atomic E-state index is 12.4. The fourth-order valence-corrected chi connectivity index (χ4v) is 2.76. The van der Waals surface area contributed by atoms with Crippen LogP contribution < -0.4 is 5.56 Å². The van der Waals surface area contributed by atoms with Crippen LogP contribution in [0, 0.1) is 0 Å². The van der Waals surface area contributed by atoms with Gasteiger partial charge in [0.1, 0.15) is 17.0 Å². The Balaban J connectivity index is 2.01. The smallest absolute Gasteiger partial charge is 0.264 e. The minimum atomic E-state index is -0.0119. The first kappa shape index (κ1) is 10.5. The van der Waals surface area contributed by atoms with Crippen LogP contribution in [0.15, 0.2) is 33.8 Å². The average molecular weight is 256 g/mol. The van der Waals surface area contributed by atoms with E-state index in [2.05, 4.69) is 10.1 Å². The molecule has 0 aromatic carbocycles. The third-order valence-electron chi connectivity index (χ3n) is 3.72. The molecule has 3 aromatic rings. The Hall–Kier alpha value is -2.37. The van der Waals surface area contributed by atoms with Crippen LogP contribution in [0.1, 0.15) is 23.9 Å². The highest BCUT2D eigenvalue weighted by atomic mass is 16.3. The monoisotopic (exact) mass is 256 g/mol. The first-order valence-corrected chi connectivity index (χ1v) is 6.21. The van der Waals surface area contributed by atoms with Gasteiger partial charge in [0.25, 0.3) is 5.56 Å². The molecule has 0 saturated heterocycles. The second-order valence-corrected chi connectivity index (χ2v) is 4.79. The highest BCUT2D eigenvalue weighted by Crippen LogP contribution is 2.32. The van der Waals surface area contributed by atoms with Gasteiger partial charge in [-0.2, -0.15) is 5.10 Å². The third kappa shape index (κ3) is 1.34. The van der Waals surface area contributed by atoms with Crippen LogP contribution in [0.25, 0.3) is 11.0 Å². The molecule has 1 unspecified atom stereocenters. The molecule has 6 nitrogen and oxygen atoms in total. The van der Waals surface area contributed by atoms with E-state index in [0.717, 1.165) is 18.0 Å². The molecule has 1 aliphatic heterocycles. The molecule has 0 bridgehead atoms. The molecule has 0 N–H and O–H groups in total. The normalized spacial score (nSPS) is 18.1. The van der Waals surface area contributed by atoms with Crippen LogP contribution in [0.5, 0.6) is 0 Å². The van der Waals surface area contributed by atoms with E-state index in [9.17, 15) is 4.79 Å². The van der Waals surface area contributed by atoms with Gasteiger partial charge >= 0.3 is 0 Å². The lowest BCUT2D eigenvalue weighted by Gasteiger charge is -2.07.